The van der Waals surface area contributed by atoms with Crippen LogP contribution in [0.4, 0.5) is 6.01 Å². The fraction of sp³-hybridized carbons (Fsp3) is 0.429. The predicted octanol–water partition coefficient (Wildman–Crippen LogP) is 1.07. The molecule has 3 rings (SSSR count). The monoisotopic (exact) mass is 274 g/mol. The molecule has 1 aromatic heterocycles. The van der Waals surface area contributed by atoms with Gasteiger partial charge in [0.2, 0.25) is 5.89 Å². The highest BCUT2D eigenvalue weighted by Crippen LogP contribution is 2.22. The van der Waals surface area contributed by atoms with Gasteiger partial charge in [0.05, 0.1) is 13.2 Å². The van der Waals surface area contributed by atoms with E-state index in [1.54, 1.807) is 0 Å². The molecule has 0 radical (unpaired) electrons. The van der Waals surface area contributed by atoms with Gasteiger partial charge in [-0.15, -0.1) is 5.10 Å². The molecular weight excluding hydrogens is 256 g/mol. The van der Waals surface area contributed by atoms with Crippen LogP contribution in [-0.2, 0) is 11.2 Å². The van der Waals surface area contributed by atoms with Crippen molar-refractivity contribution in [2.45, 2.75) is 6.42 Å². The van der Waals surface area contributed by atoms with Gasteiger partial charge < -0.3 is 19.8 Å². The van der Waals surface area contributed by atoms with Crippen LogP contribution in [0.3, 0.4) is 0 Å². The van der Waals surface area contributed by atoms with Gasteiger partial charge in [-0.3, -0.25) is 0 Å². The maximum Gasteiger partial charge on any atom is 0.318 e. The number of anilines is 1. The van der Waals surface area contributed by atoms with E-state index in [0.29, 0.717) is 31.7 Å². The minimum absolute atomic E-state index is 0.547. The number of nitrogens with two attached hydrogens (primary N) is 1. The van der Waals surface area contributed by atoms with E-state index in [1.807, 2.05) is 29.2 Å². The summed E-state index contributed by atoms with van der Waals surface area (Å²) in [5, 5.41) is 8.22. The van der Waals surface area contributed by atoms with Crippen molar-refractivity contribution in [3.63, 3.8) is 0 Å². The average Bonchev–Trinajstić information content (AvgIpc) is 2.99. The van der Waals surface area contributed by atoms with Crippen molar-refractivity contribution in [2.75, 3.05) is 37.7 Å². The molecule has 2 heterocycles. The van der Waals surface area contributed by atoms with Gasteiger partial charge in [-0.2, -0.15) is 0 Å². The Morgan fingerprint density at radius 1 is 1.10 bits per heavy atom. The number of hydrogen-bond acceptors (Lipinski definition) is 6. The van der Waals surface area contributed by atoms with Crippen LogP contribution >= 0.6 is 0 Å². The van der Waals surface area contributed by atoms with Crippen LogP contribution in [0.25, 0.3) is 11.5 Å². The van der Waals surface area contributed by atoms with Crippen molar-refractivity contribution in [1.82, 2.24) is 10.2 Å². The second-order valence-corrected chi connectivity index (χ2v) is 4.72. The number of rotatable bonds is 4. The summed E-state index contributed by atoms with van der Waals surface area (Å²) in [6.45, 7) is 3.63. The highest BCUT2D eigenvalue weighted by atomic mass is 16.5. The van der Waals surface area contributed by atoms with Gasteiger partial charge in [0.25, 0.3) is 0 Å². The lowest BCUT2D eigenvalue weighted by molar-refractivity contribution is 0.120. The third-order valence-corrected chi connectivity index (χ3v) is 3.33. The van der Waals surface area contributed by atoms with Crippen molar-refractivity contribution in [1.29, 1.82) is 0 Å². The van der Waals surface area contributed by atoms with E-state index in [1.165, 1.54) is 5.56 Å². The van der Waals surface area contributed by atoms with Crippen molar-refractivity contribution >= 4 is 6.01 Å². The Labute approximate surface area is 117 Å². The molecule has 20 heavy (non-hydrogen) atoms. The lowest BCUT2D eigenvalue weighted by atomic mass is 10.1. The Morgan fingerprint density at radius 2 is 1.85 bits per heavy atom. The Hall–Kier alpha value is -1.92. The minimum atomic E-state index is 0.547. The molecule has 6 heteroatoms. The molecule has 0 amide bonds. The average molecular weight is 274 g/mol. The predicted molar refractivity (Wildman–Crippen MR) is 75.5 cm³/mol. The van der Waals surface area contributed by atoms with Crippen LogP contribution in [0, 0.1) is 0 Å². The van der Waals surface area contributed by atoms with Gasteiger partial charge in [0.1, 0.15) is 0 Å². The smallest absolute Gasteiger partial charge is 0.318 e. The van der Waals surface area contributed by atoms with Crippen molar-refractivity contribution < 1.29 is 9.15 Å². The van der Waals surface area contributed by atoms with Crippen molar-refractivity contribution in [2.24, 2.45) is 5.73 Å². The van der Waals surface area contributed by atoms with E-state index in [2.05, 4.69) is 10.2 Å². The zero-order chi connectivity index (χ0) is 13.8. The SMILES string of the molecule is NCCc1ccc(-c2nnc(N3CCOCC3)o2)cc1. The largest absolute Gasteiger partial charge is 0.403 e. The summed E-state index contributed by atoms with van der Waals surface area (Å²) in [5.74, 6) is 0.547. The Morgan fingerprint density at radius 3 is 2.55 bits per heavy atom. The molecule has 1 aliphatic heterocycles. The highest BCUT2D eigenvalue weighted by Gasteiger charge is 2.17. The molecule has 0 aliphatic carbocycles. The molecule has 1 fully saturated rings. The summed E-state index contributed by atoms with van der Waals surface area (Å²) in [5.41, 5.74) is 7.68. The van der Waals surface area contributed by atoms with Crippen LogP contribution in [0.2, 0.25) is 0 Å². The maximum atomic E-state index is 5.73. The Kier molecular flexibility index (Phi) is 3.94. The third-order valence-electron chi connectivity index (χ3n) is 3.33. The second-order valence-electron chi connectivity index (χ2n) is 4.72. The fourth-order valence-electron chi connectivity index (χ4n) is 2.20. The fourth-order valence-corrected chi connectivity index (χ4v) is 2.20. The molecule has 0 saturated carbocycles. The first kappa shape index (κ1) is 13.1. The van der Waals surface area contributed by atoms with Crippen LogP contribution in [0.1, 0.15) is 5.56 Å². The lowest BCUT2D eigenvalue weighted by Gasteiger charge is -2.24. The number of ether oxygens (including phenoxy) is 1. The van der Waals surface area contributed by atoms with Gasteiger partial charge in [0, 0.05) is 18.7 Å². The number of aromatic nitrogens is 2. The van der Waals surface area contributed by atoms with Gasteiger partial charge in [0.15, 0.2) is 0 Å². The van der Waals surface area contributed by atoms with Crippen LogP contribution in [0.15, 0.2) is 28.7 Å². The summed E-state index contributed by atoms with van der Waals surface area (Å²) >= 11 is 0. The maximum absolute atomic E-state index is 5.73. The summed E-state index contributed by atoms with van der Waals surface area (Å²) in [6, 6.07) is 8.62. The Bertz CT molecular complexity index is 547. The van der Waals surface area contributed by atoms with E-state index in [-0.39, 0.29) is 0 Å². The van der Waals surface area contributed by atoms with E-state index >= 15 is 0 Å². The van der Waals surface area contributed by atoms with Gasteiger partial charge in [-0.1, -0.05) is 17.2 Å². The van der Waals surface area contributed by atoms with Gasteiger partial charge in [-0.05, 0) is 30.7 Å². The minimum Gasteiger partial charge on any atom is -0.403 e. The molecule has 0 unspecified atom stereocenters. The molecule has 6 nitrogen and oxygen atoms in total. The molecular formula is C14H18N4O2. The molecule has 0 bridgehead atoms. The quantitative estimate of drug-likeness (QED) is 0.898. The zero-order valence-corrected chi connectivity index (χ0v) is 11.3. The number of morpholine rings is 1. The molecule has 1 aliphatic rings. The van der Waals surface area contributed by atoms with E-state index in [4.69, 9.17) is 14.9 Å². The van der Waals surface area contributed by atoms with Crippen molar-refractivity contribution in [3.8, 4) is 11.5 Å². The summed E-state index contributed by atoms with van der Waals surface area (Å²) < 4.78 is 11.0. The zero-order valence-electron chi connectivity index (χ0n) is 11.3. The highest BCUT2D eigenvalue weighted by molar-refractivity contribution is 5.54. The first-order valence-electron chi connectivity index (χ1n) is 6.82. The summed E-state index contributed by atoms with van der Waals surface area (Å²) in [4.78, 5) is 2.04. The molecule has 0 atom stereocenters. The van der Waals surface area contributed by atoms with E-state index in [9.17, 15) is 0 Å². The number of benzene rings is 1. The van der Waals surface area contributed by atoms with Crippen LogP contribution < -0.4 is 10.6 Å². The van der Waals surface area contributed by atoms with Crippen molar-refractivity contribution in [3.05, 3.63) is 29.8 Å². The molecule has 0 spiro atoms. The van der Waals surface area contributed by atoms with Crippen LogP contribution in [-0.4, -0.2) is 43.0 Å². The van der Waals surface area contributed by atoms with Gasteiger partial charge in [-0.25, -0.2) is 0 Å². The molecule has 106 valence electrons. The molecule has 2 aromatic rings. The lowest BCUT2D eigenvalue weighted by Crippen LogP contribution is -2.36. The number of hydrogen-bond donors (Lipinski definition) is 1. The Balaban J connectivity index is 1.75. The summed E-state index contributed by atoms with van der Waals surface area (Å²) in [7, 11) is 0. The number of nitrogens with zero attached hydrogens (tertiary/aromatic N) is 3. The standard InChI is InChI=1S/C14H18N4O2/c15-6-5-11-1-3-12(4-2-11)13-16-17-14(20-13)18-7-9-19-10-8-18/h1-4H,5-10,15H2. The van der Waals surface area contributed by atoms with E-state index in [0.717, 1.165) is 25.1 Å². The van der Waals surface area contributed by atoms with Crippen LogP contribution in [0.5, 0.6) is 0 Å². The second kappa shape index (κ2) is 6.02. The van der Waals surface area contributed by atoms with Gasteiger partial charge >= 0.3 is 6.01 Å². The molecule has 2 N–H and O–H groups in total. The summed E-state index contributed by atoms with van der Waals surface area (Å²) in [6.07, 6.45) is 0.878. The molecule has 1 aromatic carbocycles. The first-order chi connectivity index (χ1) is 9.86. The van der Waals surface area contributed by atoms with E-state index < -0.39 is 0 Å². The normalized spacial score (nSPS) is 15.6. The topological polar surface area (TPSA) is 77.4 Å². The third kappa shape index (κ3) is 2.81. The molecule has 1 saturated heterocycles. The first-order valence-corrected chi connectivity index (χ1v) is 6.82.